The van der Waals surface area contributed by atoms with Crippen molar-refractivity contribution in [2.45, 2.75) is 36.8 Å². The van der Waals surface area contributed by atoms with Gasteiger partial charge in [-0.2, -0.15) is 4.31 Å². The number of nitrogens with zero attached hydrogens (tertiary/aromatic N) is 2. The lowest BCUT2D eigenvalue weighted by Crippen LogP contribution is -2.48. The Labute approximate surface area is 147 Å². The van der Waals surface area contributed by atoms with Gasteiger partial charge in [-0.15, -0.1) is 0 Å². The molecule has 1 aromatic carbocycles. The lowest BCUT2D eigenvalue weighted by atomic mass is 10.1. The average Bonchev–Trinajstić information content (AvgIpc) is 2.67. The van der Waals surface area contributed by atoms with E-state index in [2.05, 4.69) is 4.98 Å². The molecule has 0 unspecified atom stereocenters. The summed E-state index contributed by atoms with van der Waals surface area (Å²) in [5.74, 6) is -0.523. The van der Waals surface area contributed by atoms with Crippen LogP contribution in [-0.4, -0.2) is 36.3 Å². The molecular formula is C18H20N2O4S. The first-order valence-corrected chi connectivity index (χ1v) is 9.66. The van der Waals surface area contributed by atoms with Crippen LogP contribution in [0.2, 0.25) is 0 Å². The van der Waals surface area contributed by atoms with Crippen LogP contribution in [0, 0.1) is 0 Å². The number of benzene rings is 1. The molecule has 1 aliphatic heterocycles. The van der Waals surface area contributed by atoms with Crippen molar-refractivity contribution < 1.29 is 17.9 Å². The Morgan fingerprint density at radius 1 is 1.12 bits per heavy atom. The van der Waals surface area contributed by atoms with Gasteiger partial charge in [0, 0.05) is 12.7 Å². The van der Waals surface area contributed by atoms with Crippen LogP contribution >= 0.6 is 0 Å². The minimum Gasteiger partial charge on any atom is -0.458 e. The van der Waals surface area contributed by atoms with Gasteiger partial charge in [-0.05, 0) is 43.5 Å². The molecule has 3 rings (SSSR count). The van der Waals surface area contributed by atoms with E-state index in [1.54, 1.807) is 48.7 Å². The Balaban J connectivity index is 1.75. The maximum atomic E-state index is 12.9. The monoisotopic (exact) mass is 360 g/mol. The molecule has 0 radical (unpaired) electrons. The van der Waals surface area contributed by atoms with E-state index in [1.807, 2.05) is 6.07 Å². The number of pyridine rings is 1. The maximum Gasteiger partial charge on any atom is 0.324 e. The summed E-state index contributed by atoms with van der Waals surface area (Å²) in [4.78, 5) is 16.8. The second-order valence-corrected chi connectivity index (χ2v) is 7.76. The number of ether oxygens (including phenoxy) is 1. The van der Waals surface area contributed by atoms with E-state index in [1.165, 1.54) is 4.31 Å². The van der Waals surface area contributed by atoms with Crippen LogP contribution in [0.25, 0.3) is 0 Å². The van der Waals surface area contributed by atoms with Gasteiger partial charge < -0.3 is 4.74 Å². The highest BCUT2D eigenvalue weighted by molar-refractivity contribution is 7.89. The number of carbonyl (C=O) groups is 1. The van der Waals surface area contributed by atoms with Crippen LogP contribution in [0.4, 0.5) is 0 Å². The highest BCUT2D eigenvalue weighted by Gasteiger charge is 2.38. The van der Waals surface area contributed by atoms with Crippen LogP contribution in [0.3, 0.4) is 0 Å². The fourth-order valence-electron chi connectivity index (χ4n) is 2.88. The highest BCUT2D eigenvalue weighted by atomic mass is 32.2. The summed E-state index contributed by atoms with van der Waals surface area (Å²) in [5.41, 5.74) is 0.629. The third-order valence-electron chi connectivity index (χ3n) is 4.16. The van der Waals surface area contributed by atoms with Gasteiger partial charge >= 0.3 is 5.97 Å². The van der Waals surface area contributed by atoms with Crippen LogP contribution in [0.5, 0.6) is 0 Å². The van der Waals surface area contributed by atoms with Crippen molar-refractivity contribution in [3.8, 4) is 0 Å². The Hall–Kier alpha value is -2.25. The third-order valence-corrected chi connectivity index (χ3v) is 6.09. The number of sulfonamides is 1. The lowest BCUT2D eigenvalue weighted by Gasteiger charge is -2.33. The second kappa shape index (κ2) is 7.76. The van der Waals surface area contributed by atoms with Crippen LogP contribution in [0.15, 0.2) is 59.6 Å². The molecule has 1 atom stereocenters. The maximum absolute atomic E-state index is 12.9. The fraction of sp³-hybridized carbons (Fsp3) is 0.333. The molecule has 2 heterocycles. The van der Waals surface area contributed by atoms with Crippen LogP contribution in [-0.2, 0) is 26.2 Å². The van der Waals surface area contributed by atoms with Gasteiger partial charge in [0.2, 0.25) is 10.0 Å². The SMILES string of the molecule is O=C(OCc1ccccn1)[C@@H]1CCCCN1S(=O)(=O)c1ccccc1. The molecule has 1 aliphatic rings. The molecule has 1 aromatic heterocycles. The Kier molecular flexibility index (Phi) is 5.45. The van der Waals surface area contributed by atoms with Crippen molar-refractivity contribution in [3.05, 3.63) is 60.4 Å². The normalized spacial score (nSPS) is 18.6. The van der Waals surface area contributed by atoms with E-state index >= 15 is 0 Å². The van der Waals surface area contributed by atoms with Crippen molar-refractivity contribution in [1.29, 1.82) is 0 Å². The van der Waals surface area contributed by atoms with Crippen molar-refractivity contribution >= 4 is 16.0 Å². The topological polar surface area (TPSA) is 76.6 Å². The van der Waals surface area contributed by atoms with Crippen molar-refractivity contribution in [3.63, 3.8) is 0 Å². The zero-order valence-corrected chi connectivity index (χ0v) is 14.6. The summed E-state index contributed by atoms with van der Waals surface area (Å²) in [7, 11) is -3.72. The van der Waals surface area contributed by atoms with Crippen LogP contribution < -0.4 is 0 Å². The molecule has 0 saturated carbocycles. The molecule has 25 heavy (non-hydrogen) atoms. The molecule has 0 bridgehead atoms. The highest BCUT2D eigenvalue weighted by Crippen LogP contribution is 2.26. The number of rotatable bonds is 5. The number of hydrogen-bond donors (Lipinski definition) is 0. The van der Waals surface area contributed by atoms with E-state index in [0.717, 1.165) is 12.8 Å². The minimum absolute atomic E-state index is 0.0371. The number of esters is 1. The van der Waals surface area contributed by atoms with Crippen molar-refractivity contribution in [1.82, 2.24) is 9.29 Å². The molecule has 132 valence electrons. The number of hydrogen-bond acceptors (Lipinski definition) is 5. The van der Waals surface area contributed by atoms with Crippen molar-refractivity contribution in [2.75, 3.05) is 6.54 Å². The van der Waals surface area contributed by atoms with Crippen molar-refractivity contribution in [2.24, 2.45) is 0 Å². The zero-order chi connectivity index (χ0) is 17.7. The molecule has 1 saturated heterocycles. The minimum atomic E-state index is -3.72. The summed E-state index contributed by atoms with van der Waals surface area (Å²) in [5, 5.41) is 0. The number of piperidine rings is 1. The molecular weight excluding hydrogens is 340 g/mol. The number of carbonyl (C=O) groups excluding carboxylic acids is 1. The fourth-order valence-corrected chi connectivity index (χ4v) is 4.55. The molecule has 7 heteroatoms. The molecule has 6 nitrogen and oxygen atoms in total. The first kappa shape index (κ1) is 17.6. The van der Waals surface area contributed by atoms with Crippen LogP contribution in [0.1, 0.15) is 25.0 Å². The van der Waals surface area contributed by atoms with Gasteiger partial charge in [-0.3, -0.25) is 9.78 Å². The predicted octanol–water partition coefficient (Wildman–Crippen LogP) is 2.37. The summed E-state index contributed by atoms with van der Waals surface area (Å²) < 4.78 is 32.4. The smallest absolute Gasteiger partial charge is 0.324 e. The van der Waals surface area contributed by atoms with Gasteiger partial charge in [0.1, 0.15) is 12.6 Å². The average molecular weight is 360 g/mol. The lowest BCUT2D eigenvalue weighted by molar-refractivity contribution is -0.150. The van der Waals surface area contributed by atoms with Gasteiger partial charge in [0.15, 0.2) is 0 Å². The van der Waals surface area contributed by atoms with Gasteiger partial charge in [-0.25, -0.2) is 8.42 Å². The third kappa shape index (κ3) is 4.05. The summed E-state index contributed by atoms with van der Waals surface area (Å²) in [6, 6.07) is 12.7. The molecule has 0 spiro atoms. The first-order chi connectivity index (χ1) is 12.1. The Morgan fingerprint density at radius 3 is 2.60 bits per heavy atom. The predicted molar refractivity (Wildman–Crippen MR) is 92.0 cm³/mol. The van der Waals surface area contributed by atoms with E-state index in [4.69, 9.17) is 4.74 Å². The van der Waals surface area contributed by atoms with E-state index in [0.29, 0.717) is 18.7 Å². The zero-order valence-electron chi connectivity index (χ0n) is 13.7. The number of aromatic nitrogens is 1. The second-order valence-electron chi connectivity index (χ2n) is 5.87. The summed E-state index contributed by atoms with van der Waals surface area (Å²) in [6.07, 6.45) is 3.61. The molecule has 2 aromatic rings. The quantitative estimate of drug-likeness (QED) is 0.765. The molecule has 0 aliphatic carbocycles. The molecule has 1 fully saturated rings. The van der Waals surface area contributed by atoms with E-state index < -0.39 is 22.0 Å². The first-order valence-electron chi connectivity index (χ1n) is 8.22. The summed E-state index contributed by atoms with van der Waals surface area (Å²) in [6.45, 7) is 0.357. The van der Waals surface area contributed by atoms with E-state index in [-0.39, 0.29) is 11.5 Å². The standard InChI is InChI=1S/C18H20N2O4S/c21-18(24-14-15-8-4-6-12-19-15)17-11-5-7-13-20(17)25(22,23)16-9-2-1-3-10-16/h1-4,6,8-10,12,17H,5,7,11,13-14H2/t17-/m0/s1. The Morgan fingerprint density at radius 2 is 1.88 bits per heavy atom. The van der Waals surface area contributed by atoms with Gasteiger partial charge in [-0.1, -0.05) is 24.3 Å². The van der Waals surface area contributed by atoms with E-state index in [9.17, 15) is 13.2 Å². The molecule has 0 N–H and O–H groups in total. The molecule has 0 amide bonds. The van der Waals surface area contributed by atoms with Gasteiger partial charge in [0.25, 0.3) is 0 Å². The largest absolute Gasteiger partial charge is 0.458 e. The van der Waals surface area contributed by atoms with Gasteiger partial charge in [0.05, 0.1) is 10.6 Å². The summed E-state index contributed by atoms with van der Waals surface area (Å²) >= 11 is 0. The Bertz CT molecular complexity index is 809.